The smallest absolute Gasteiger partial charge is 0.185 e. The first-order valence-electron chi connectivity index (χ1n) is 5.01. The summed E-state index contributed by atoms with van der Waals surface area (Å²) in [5.41, 5.74) is 4.30. The number of nitrogens with zero attached hydrogens (tertiary/aromatic N) is 1. The Morgan fingerprint density at radius 1 is 1.31 bits per heavy atom. The lowest BCUT2D eigenvalue weighted by Crippen LogP contribution is -2.22. The number of rotatable bonds is 4. The standard InChI is InChI=1S/C11H22BN/c1-6-9(3)11(5)10(4)8-13(12)7-2/h6H,7-8,12H2,1-5H3/b9-6-,11-10+. The first-order valence-corrected chi connectivity index (χ1v) is 5.01. The fraction of sp³-hybridized carbons (Fsp3) is 0.636. The van der Waals surface area contributed by atoms with Crippen LogP contribution in [0.15, 0.2) is 22.8 Å². The van der Waals surface area contributed by atoms with Crippen molar-refractivity contribution >= 4 is 7.98 Å². The molecule has 0 spiro atoms. The molecule has 0 fully saturated rings. The lowest BCUT2D eigenvalue weighted by atomic mass is 10.0. The lowest BCUT2D eigenvalue weighted by molar-refractivity contribution is 0.515. The molecule has 0 unspecified atom stereocenters. The molecular formula is C11H22BN. The average molecular weight is 179 g/mol. The van der Waals surface area contributed by atoms with Crippen LogP contribution < -0.4 is 0 Å². The Balaban J connectivity index is 4.44. The van der Waals surface area contributed by atoms with Crippen LogP contribution in [0.1, 0.15) is 34.6 Å². The van der Waals surface area contributed by atoms with Crippen LogP contribution in [0.4, 0.5) is 0 Å². The van der Waals surface area contributed by atoms with Crippen LogP contribution in [0.5, 0.6) is 0 Å². The highest BCUT2D eigenvalue weighted by molar-refractivity contribution is 6.04. The van der Waals surface area contributed by atoms with E-state index >= 15 is 0 Å². The largest absolute Gasteiger partial charge is 0.346 e. The normalized spacial score (nSPS) is 14.8. The molecule has 2 heteroatoms. The van der Waals surface area contributed by atoms with E-state index in [0.29, 0.717) is 0 Å². The first kappa shape index (κ1) is 12.5. The predicted molar refractivity (Wildman–Crippen MR) is 63.6 cm³/mol. The molecule has 0 aliphatic carbocycles. The maximum Gasteiger partial charge on any atom is 0.185 e. The van der Waals surface area contributed by atoms with Crippen molar-refractivity contribution in [3.05, 3.63) is 22.8 Å². The van der Waals surface area contributed by atoms with Gasteiger partial charge in [0.05, 0.1) is 0 Å². The van der Waals surface area contributed by atoms with Crippen molar-refractivity contribution in [3.63, 3.8) is 0 Å². The van der Waals surface area contributed by atoms with Crippen molar-refractivity contribution in [1.29, 1.82) is 0 Å². The molecule has 0 bridgehead atoms. The Kier molecular flexibility index (Phi) is 5.80. The first-order chi connectivity index (χ1) is 6.02. The van der Waals surface area contributed by atoms with Crippen molar-refractivity contribution in [1.82, 2.24) is 4.81 Å². The second kappa shape index (κ2) is 6.03. The molecule has 0 atom stereocenters. The Morgan fingerprint density at radius 2 is 1.85 bits per heavy atom. The minimum Gasteiger partial charge on any atom is -0.346 e. The molecule has 13 heavy (non-hydrogen) atoms. The molecule has 1 nitrogen and oxygen atoms in total. The molecule has 74 valence electrons. The fourth-order valence-corrected chi connectivity index (χ4v) is 1.19. The Hall–Kier alpha value is -0.495. The van der Waals surface area contributed by atoms with Gasteiger partial charge in [-0.15, -0.1) is 0 Å². The summed E-state index contributed by atoms with van der Waals surface area (Å²) < 4.78 is 0. The van der Waals surface area contributed by atoms with Gasteiger partial charge in [0, 0.05) is 6.54 Å². The highest BCUT2D eigenvalue weighted by Crippen LogP contribution is 2.13. The predicted octanol–water partition coefficient (Wildman–Crippen LogP) is 2.16. The number of hydrogen-bond donors (Lipinski definition) is 0. The van der Waals surface area contributed by atoms with Crippen LogP contribution in [0, 0.1) is 0 Å². The summed E-state index contributed by atoms with van der Waals surface area (Å²) in [5.74, 6) is 0. The molecular weight excluding hydrogens is 157 g/mol. The van der Waals surface area contributed by atoms with Crippen LogP contribution in [0.2, 0.25) is 0 Å². The molecule has 0 saturated heterocycles. The van der Waals surface area contributed by atoms with Crippen LogP contribution >= 0.6 is 0 Å². The summed E-state index contributed by atoms with van der Waals surface area (Å²) in [6.07, 6.45) is 2.17. The molecule has 0 radical (unpaired) electrons. The SMILES string of the molecule is BN(CC)C/C(C)=C(C)/C(C)=C\C. The van der Waals surface area contributed by atoms with Crippen molar-refractivity contribution in [2.75, 3.05) is 13.1 Å². The summed E-state index contributed by atoms with van der Waals surface area (Å²) in [6.45, 7) is 13.1. The van der Waals surface area contributed by atoms with E-state index in [1.807, 2.05) is 0 Å². The minimum atomic E-state index is 1.08. The summed E-state index contributed by atoms with van der Waals surface area (Å²) >= 11 is 0. The Bertz CT molecular complexity index is 216. The van der Waals surface area contributed by atoms with Gasteiger partial charge in [-0.2, -0.15) is 0 Å². The number of hydrogen-bond acceptors (Lipinski definition) is 1. The van der Waals surface area contributed by atoms with E-state index in [-0.39, 0.29) is 0 Å². The Morgan fingerprint density at radius 3 is 2.23 bits per heavy atom. The third-order valence-corrected chi connectivity index (χ3v) is 2.71. The third kappa shape index (κ3) is 4.32. The van der Waals surface area contributed by atoms with Gasteiger partial charge in [-0.3, -0.25) is 0 Å². The number of allylic oxidation sites excluding steroid dienone is 3. The summed E-state index contributed by atoms with van der Waals surface area (Å²) in [5, 5.41) is 0. The second-order valence-corrected chi connectivity index (χ2v) is 3.71. The third-order valence-electron chi connectivity index (χ3n) is 2.71. The molecule has 0 amide bonds. The van der Waals surface area contributed by atoms with E-state index in [2.05, 4.69) is 53.5 Å². The highest BCUT2D eigenvalue weighted by Gasteiger charge is 2.01. The van der Waals surface area contributed by atoms with Gasteiger partial charge in [0.15, 0.2) is 7.98 Å². The average Bonchev–Trinajstić information content (AvgIpc) is 2.14. The van der Waals surface area contributed by atoms with Gasteiger partial charge in [0.1, 0.15) is 0 Å². The van der Waals surface area contributed by atoms with Crippen LogP contribution in [0.3, 0.4) is 0 Å². The molecule has 0 N–H and O–H groups in total. The summed E-state index contributed by atoms with van der Waals surface area (Å²) in [4.78, 5) is 2.32. The molecule has 0 saturated carbocycles. The zero-order valence-electron chi connectivity index (χ0n) is 9.94. The lowest BCUT2D eigenvalue weighted by Gasteiger charge is -2.17. The molecule has 0 aliphatic heterocycles. The van der Waals surface area contributed by atoms with Crippen molar-refractivity contribution < 1.29 is 0 Å². The summed E-state index contributed by atoms with van der Waals surface area (Å²) in [7, 11) is 2.15. The van der Waals surface area contributed by atoms with E-state index in [1.165, 1.54) is 16.7 Å². The van der Waals surface area contributed by atoms with Gasteiger partial charge in [-0.25, -0.2) is 0 Å². The molecule has 0 aliphatic rings. The van der Waals surface area contributed by atoms with Crippen LogP contribution in [0.25, 0.3) is 0 Å². The van der Waals surface area contributed by atoms with Gasteiger partial charge in [0.25, 0.3) is 0 Å². The monoisotopic (exact) mass is 179 g/mol. The van der Waals surface area contributed by atoms with Gasteiger partial charge in [-0.1, -0.05) is 24.1 Å². The zero-order chi connectivity index (χ0) is 10.4. The molecule has 0 aromatic carbocycles. The van der Waals surface area contributed by atoms with E-state index in [4.69, 9.17) is 0 Å². The highest BCUT2D eigenvalue weighted by atomic mass is 15.0. The second-order valence-electron chi connectivity index (χ2n) is 3.71. The number of likely N-dealkylation sites (N-methyl/N-ethyl adjacent to an activating group) is 1. The van der Waals surface area contributed by atoms with E-state index < -0.39 is 0 Å². The molecule has 0 aromatic heterocycles. The van der Waals surface area contributed by atoms with Gasteiger partial charge < -0.3 is 4.81 Å². The quantitative estimate of drug-likeness (QED) is 0.472. The van der Waals surface area contributed by atoms with Crippen molar-refractivity contribution in [3.8, 4) is 0 Å². The topological polar surface area (TPSA) is 3.24 Å². The fourth-order valence-electron chi connectivity index (χ4n) is 1.19. The van der Waals surface area contributed by atoms with E-state index in [0.717, 1.165) is 13.1 Å². The Labute approximate surface area is 83.9 Å². The zero-order valence-corrected chi connectivity index (χ0v) is 9.94. The molecule has 0 heterocycles. The van der Waals surface area contributed by atoms with E-state index in [9.17, 15) is 0 Å². The maximum atomic E-state index is 2.32. The van der Waals surface area contributed by atoms with E-state index in [1.54, 1.807) is 0 Å². The van der Waals surface area contributed by atoms with Gasteiger partial charge in [-0.05, 0) is 39.8 Å². The van der Waals surface area contributed by atoms with Crippen molar-refractivity contribution in [2.24, 2.45) is 0 Å². The van der Waals surface area contributed by atoms with Gasteiger partial charge in [0.2, 0.25) is 0 Å². The van der Waals surface area contributed by atoms with Crippen LogP contribution in [-0.4, -0.2) is 25.9 Å². The van der Waals surface area contributed by atoms with Crippen molar-refractivity contribution in [2.45, 2.75) is 34.6 Å². The van der Waals surface area contributed by atoms with Gasteiger partial charge >= 0.3 is 0 Å². The minimum absolute atomic E-state index is 1.08. The molecule has 0 aromatic rings. The maximum absolute atomic E-state index is 2.32. The molecule has 0 rings (SSSR count). The van der Waals surface area contributed by atoms with Crippen LogP contribution in [-0.2, 0) is 0 Å². The summed E-state index contributed by atoms with van der Waals surface area (Å²) in [6, 6.07) is 0.